The number of likely N-dealkylation sites (tertiary alicyclic amines) is 1. The number of aromatic nitrogens is 2. The molecule has 0 bridgehead atoms. The second kappa shape index (κ2) is 10.4. The number of aliphatic hydroxyl groups excluding tert-OH is 1. The van der Waals surface area contributed by atoms with Gasteiger partial charge in [-0.2, -0.15) is 0 Å². The van der Waals surface area contributed by atoms with Gasteiger partial charge in [-0.1, -0.05) is 0 Å². The zero-order valence-corrected chi connectivity index (χ0v) is 20.1. The smallest absolute Gasteiger partial charge is 0.251 e. The van der Waals surface area contributed by atoms with Gasteiger partial charge in [0.25, 0.3) is 5.56 Å². The molecule has 2 aliphatic rings. The molecule has 35 heavy (non-hydrogen) atoms. The first-order valence-corrected chi connectivity index (χ1v) is 12.8. The number of thioether (sulfide) groups is 1. The van der Waals surface area contributed by atoms with Gasteiger partial charge in [-0.15, -0.1) is 11.8 Å². The number of benzene rings is 1. The van der Waals surface area contributed by atoms with E-state index in [0.29, 0.717) is 56.2 Å². The molecule has 3 aromatic rings. The molecule has 0 saturated carbocycles. The van der Waals surface area contributed by atoms with Crippen LogP contribution in [-0.2, 0) is 17.9 Å². The number of aliphatic hydroxyl groups is 1. The maximum absolute atomic E-state index is 13.8. The molecular weight excluding hydrogens is 469 g/mol. The fourth-order valence-corrected chi connectivity index (χ4v) is 5.60. The molecule has 2 atom stereocenters. The van der Waals surface area contributed by atoms with Crippen LogP contribution < -0.4 is 16.2 Å². The number of nitrogens with one attached hydrogen (secondary N) is 2. The Hall–Kier alpha value is -2.79. The molecule has 1 amide bonds. The minimum absolute atomic E-state index is 0.0349. The number of piperidine rings is 1. The first-order valence-electron chi connectivity index (χ1n) is 11.8. The monoisotopic (exact) mass is 497 g/mol. The molecule has 184 valence electrons. The van der Waals surface area contributed by atoms with E-state index in [2.05, 4.69) is 20.5 Å². The van der Waals surface area contributed by atoms with Crippen molar-refractivity contribution >= 4 is 34.4 Å². The van der Waals surface area contributed by atoms with Crippen LogP contribution in [0.3, 0.4) is 0 Å². The molecule has 1 aromatic carbocycles. The molecule has 2 aromatic heterocycles. The van der Waals surface area contributed by atoms with Gasteiger partial charge in [0.15, 0.2) is 0 Å². The van der Waals surface area contributed by atoms with Gasteiger partial charge in [0, 0.05) is 38.8 Å². The van der Waals surface area contributed by atoms with Crippen LogP contribution in [0.5, 0.6) is 0 Å². The number of carbonyl (C=O) groups is 1. The predicted molar refractivity (Wildman–Crippen MR) is 134 cm³/mol. The van der Waals surface area contributed by atoms with Crippen molar-refractivity contribution in [2.75, 3.05) is 37.2 Å². The van der Waals surface area contributed by atoms with Crippen molar-refractivity contribution in [3.8, 4) is 0 Å². The van der Waals surface area contributed by atoms with Gasteiger partial charge < -0.3 is 20.3 Å². The Labute approximate surface area is 206 Å². The summed E-state index contributed by atoms with van der Waals surface area (Å²) in [4.78, 5) is 31.8. The summed E-state index contributed by atoms with van der Waals surface area (Å²) in [6.07, 6.45) is 0.263. The summed E-state index contributed by atoms with van der Waals surface area (Å²) >= 11 is 1.49. The predicted octanol–water partition coefficient (Wildman–Crippen LogP) is 2.05. The van der Waals surface area contributed by atoms with Gasteiger partial charge in [-0.3, -0.25) is 14.5 Å². The minimum Gasteiger partial charge on any atom is -0.392 e. The van der Waals surface area contributed by atoms with E-state index in [0.717, 1.165) is 22.5 Å². The number of carbonyl (C=O) groups excluding carboxylic acids is 1. The highest BCUT2D eigenvalue weighted by atomic mass is 32.2. The van der Waals surface area contributed by atoms with E-state index in [1.807, 2.05) is 12.1 Å². The van der Waals surface area contributed by atoms with Crippen LogP contribution in [0, 0.1) is 11.7 Å². The summed E-state index contributed by atoms with van der Waals surface area (Å²) in [5.41, 5.74) is 1.27. The molecule has 3 N–H and O–H groups in total. The van der Waals surface area contributed by atoms with Crippen LogP contribution in [0.15, 0.2) is 52.2 Å². The van der Waals surface area contributed by atoms with Gasteiger partial charge >= 0.3 is 0 Å². The molecule has 0 spiro atoms. The molecule has 0 radical (unpaired) electrons. The Morgan fingerprint density at radius 1 is 1.14 bits per heavy atom. The van der Waals surface area contributed by atoms with Crippen LogP contribution in [-0.4, -0.2) is 63.5 Å². The third kappa shape index (κ3) is 5.72. The average Bonchev–Trinajstić information content (AvgIpc) is 2.83. The van der Waals surface area contributed by atoms with Gasteiger partial charge in [0.05, 0.1) is 28.0 Å². The fourth-order valence-electron chi connectivity index (χ4n) is 4.84. The lowest BCUT2D eigenvalue weighted by Gasteiger charge is -2.36. The van der Waals surface area contributed by atoms with Crippen LogP contribution >= 0.6 is 11.8 Å². The molecule has 10 heteroatoms. The summed E-state index contributed by atoms with van der Waals surface area (Å²) in [5, 5.41) is 17.5. The third-order valence-corrected chi connectivity index (χ3v) is 7.50. The van der Waals surface area contributed by atoms with E-state index in [4.69, 9.17) is 0 Å². The van der Waals surface area contributed by atoms with Crippen LogP contribution in [0.1, 0.15) is 12.1 Å². The number of hydrogen-bond acceptors (Lipinski definition) is 7. The maximum Gasteiger partial charge on any atom is 0.251 e. The molecular formula is C25H28FN5O3S. The van der Waals surface area contributed by atoms with Crippen molar-refractivity contribution in [3.63, 3.8) is 0 Å². The first kappa shape index (κ1) is 23.9. The zero-order valence-electron chi connectivity index (χ0n) is 19.2. The number of rotatable bonds is 7. The summed E-state index contributed by atoms with van der Waals surface area (Å²) in [5.74, 6) is 0.874. The van der Waals surface area contributed by atoms with Crippen LogP contribution in [0.4, 0.5) is 10.2 Å². The van der Waals surface area contributed by atoms with Crippen molar-refractivity contribution < 1.29 is 14.3 Å². The third-order valence-electron chi connectivity index (χ3n) is 6.46. The Kier molecular flexibility index (Phi) is 7.14. The number of fused-ring (bicyclic) bond motifs is 2. The number of β-amino-alcohol motifs (C(OH)–C–C–N with tert-alkyl or cyclic N) is 1. The minimum atomic E-state index is -0.439. The number of hydrogen-bond donors (Lipinski definition) is 3. The average molecular weight is 498 g/mol. The molecule has 1 fully saturated rings. The number of anilines is 1. The normalized spacial score (nSPS) is 20.6. The quantitative estimate of drug-likeness (QED) is 0.460. The van der Waals surface area contributed by atoms with Crippen molar-refractivity contribution in [2.45, 2.75) is 30.5 Å². The van der Waals surface area contributed by atoms with Crippen molar-refractivity contribution in [3.05, 3.63) is 64.3 Å². The summed E-state index contributed by atoms with van der Waals surface area (Å²) in [6.45, 7) is 3.64. The number of amides is 1. The molecule has 2 aliphatic heterocycles. The second-order valence-electron chi connectivity index (χ2n) is 9.16. The van der Waals surface area contributed by atoms with E-state index in [1.165, 1.54) is 30.0 Å². The Bertz CT molecular complexity index is 1300. The summed E-state index contributed by atoms with van der Waals surface area (Å²) in [6, 6.07) is 11.6. The Morgan fingerprint density at radius 2 is 2.00 bits per heavy atom. The topological polar surface area (TPSA) is 99.5 Å². The van der Waals surface area contributed by atoms with E-state index in [9.17, 15) is 19.1 Å². The standard InChI is InChI=1S/C25H28FN5O3S/c26-18-3-1-17-2-6-24(34)31(21(17)10-18)8-7-30-13-16(9-20(32)14-30)11-27-12-19-4-5-22-25(28-19)29-23(33)15-35-22/h1-6,10,16,20,27,32H,7-9,11-15H2,(H,28,29,33). The van der Waals surface area contributed by atoms with Gasteiger partial charge in [0.2, 0.25) is 5.91 Å². The van der Waals surface area contributed by atoms with Crippen LogP contribution in [0.25, 0.3) is 10.9 Å². The molecule has 2 unspecified atom stereocenters. The van der Waals surface area contributed by atoms with Crippen molar-refractivity contribution in [2.24, 2.45) is 5.92 Å². The van der Waals surface area contributed by atoms with E-state index in [1.54, 1.807) is 16.7 Å². The zero-order chi connectivity index (χ0) is 24.4. The number of halogens is 1. The highest BCUT2D eigenvalue weighted by molar-refractivity contribution is 8.00. The molecule has 5 rings (SSSR count). The highest BCUT2D eigenvalue weighted by Gasteiger charge is 2.26. The largest absolute Gasteiger partial charge is 0.392 e. The summed E-state index contributed by atoms with van der Waals surface area (Å²) in [7, 11) is 0. The highest BCUT2D eigenvalue weighted by Crippen LogP contribution is 2.29. The van der Waals surface area contributed by atoms with E-state index >= 15 is 0 Å². The van der Waals surface area contributed by atoms with Crippen molar-refractivity contribution in [1.29, 1.82) is 0 Å². The Morgan fingerprint density at radius 3 is 2.89 bits per heavy atom. The first-order chi connectivity index (χ1) is 16.9. The lowest BCUT2D eigenvalue weighted by molar-refractivity contribution is -0.113. The second-order valence-corrected chi connectivity index (χ2v) is 10.2. The number of nitrogens with zero attached hydrogens (tertiary/aromatic N) is 3. The molecule has 4 heterocycles. The SMILES string of the molecule is O=C1CSc2ccc(CNCC3CC(O)CN(CCn4c(=O)ccc5ccc(F)cc54)C3)nc2N1. The number of pyridine rings is 2. The maximum atomic E-state index is 13.8. The van der Waals surface area contributed by atoms with Gasteiger partial charge in [-0.25, -0.2) is 9.37 Å². The Balaban J connectivity index is 1.17. The van der Waals surface area contributed by atoms with E-state index in [-0.39, 0.29) is 23.2 Å². The molecule has 1 saturated heterocycles. The lowest BCUT2D eigenvalue weighted by Crippen LogP contribution is -2.47. The van der Waals surface area contributed by atoms with Gasteiger partial charge in [-0.05, 0) is 60.7 Å². The van der Waals surface area contributed by atoms with Crippen LogP contribution in [0.2, 0.25) is 0 Å². The summed E-state index contributed by atoms with van der Waals surface area (Å²) < 4.78 is 15.4. The van der Waals surface area contributed by atoms with E-state index < -0.39 is 6.10 Å². The molecule has 0 aliphatic carbocycles. The molecule has 8 nitrogen and oxygen atoms in total. The van der Waals surface area contributed by atoms with Crippen molar-refractivity contribution in [1.82, 2.24) is 19.8 Å². The van der Waals surface area contributed by atoms with Gasteiger partial charge in [0.1, 0.15) is 11.6 Å². The lowest BCUT2D eigenvalue weighted by atomic mass is 9.96. The fraction of sp³-hybridized carbons (Fsp3) is 0.400.